The van der Waals surface area contributed by atoms with Crippen LogP contribution in [0.4, 0.5) is 0 Å². The van der Waals surface area contributed by atoms with Gasteiger partial charge in [0.1, 0.15) is 12.4 Å². The van der Waals surface area contributed by atoms with Crippen LogP contribution in [0.15, 0.2) is 48.5 Å². The van der Waals surface area contributed by atoms with Crippen molar-refractivity contribution in [3.05, 3.63) is 54.1 Å². The van der Waals surface area contributed by atoms with E-state index in [-0.39, 0.29) is 6.10 Å². The van der Waals surface area contributed by atoms with Crippen LogP contribution in [0.2, 0.25) is 0 Å². The molecule has 0 spiro atoms. The van der Waals surface area contributed by atoms with Crippen LogP contribution in [-0.2, 0) is 11.2 Å². The third-order valence-corrected chi connectivity index (χ3v) is 4.85. The van der Waals surface area contributed by atoms with Crippen LogP contribution >= 0.6 is 0 Å². The van der Waals surface area contributed by atoms with Crippen molar-refractivity contribution in [3.63, 3.8) is 0 Å². The van der Waals surface area contributed by atoms with E-state index >= 15 is 0 Å². The molecule has 1 unspecified atom stereocenters. The van der Waals surface area contributed by atoms with Gasteiger partial charge in [0.2, 0.25) is 0 Å². The molecule has 0 saturated carbocycles. The Kier molecular flexibility index (Phi) is 10.0. The number of unbranched alkanes of at least 4 members (excludes halogenated alkanes) is 4. The van der Waals surface area contributed by atoms with Crippen LogP contribution in [0.3, 0.4) is 0 Å². The Morgan fingerprint density at radius 1 is 0.741 bits per heavy atom. The molecule has 0 fully saturated rings. The summed E-state index contributed by atoms with van der Waals surface area (Å²) < 4.78 is 11.6. The third kappa shape index (κ3) is 8.17. The van der Waals surface area contributed by atoms with Crippen LogP contribution in [-0.4, -0.2) is 19.3 Å². The lowest BCUT2D eigenvalue weighted by Gasteiger charge is -2.14. The van der Waals surface area contributed by atoms with Crippen LogP contribution in [0.25, 0.3) is 11.1 Å². The first-order valence-electron chi connectivity index (χ1n) is 10.7. The van der Waals surface area contributed by atoms with Crippen molar-refractivity contribution in [2.24, 2.45) is 0 Å². The molecule has 27 heavy (non-hydrogen) atoms. The minimum atomic E-state index is 0.126. The van der Waals surface area contributed by atoms with Crippen molar-refractivity contribution in [2.75, 3.05) is 13.2 Å². The SMILES string of the molecule is CCCCCCc1ccc(-c2ccc(OCC(C)OCCCC)cc2)cc1. The van der Waals surface area contributed by atoms with Gasteiger partial charge in [-0.2, -0.15) is 0 Å². The molecule has 0 saturated heterocycles. The summed E-state index contributed by atoms with van der Waals surface area (Å²) in [6, 6.07) is 17.4. The molecule has 0 bridgehead atoms. The molecule has 0 N–H and O–H groups in total. The summed E-state index contributed by atoms with van der Waals surface area (Å²) in [4.78, 5) is 0. The highest BCUT2D eigenvalue weighted by Crippen LogP contribution is 2.23. The number of rotatable bonds is 13. The third-order valence-electron chi connectivity index (χ3n) is 4.85. The van der Waals surface area contributed by atoms with Gasteiger partial charge in [0.05, 0.1) is 6.10 Å². The lowest BCUT2D eigenvalue weighted by Crippen LogP contribution is -2.18. The fraction of sp³-hybridized carbons (Fsp3) is 0.520. The molecular formula is C25H36O2. The monoisotopic (exact) mass is 368 g/mol. The molecule has 0 aliphatic heterocycles. The average molecular weight is 369 g/mol. The average Bonchev–Trinajstić information content (AvgIpc) is 2.71. The Balaban J connectivity index is 1.80. The van der Waals surface area contributed by atoms with Crippen molar-refractivity contribution < 1.29 is 9.47 Å². The van der Waals surface area contributed by atoms with Crippen molar-refractivity contribution in [1.29, 1.82) is 0 Å². The predicted molar refractivity (Wildman–Crippen MR) is 116 cm³/mol. The summed E-state index contributed by atoms with van der Waals surface area (Å²) in [5.41, 5.74) is 3.93. The molecule has 0 radical (unpaired) electrons. The van der Waals surface area contributed by atoms with E-state index in [1.807, 2.05) is 12.1 Å². The molecule has 0 amide bonds. The van der Waals surface area contributed by atoms with Gasteiger partial charge >= 0.3 is 0 Å². The summed E-state index contributed by atoms with van der Waals surface area (Å²) in [5.74, 6) is 0.900. The van der Waals surface area contributed by atoms with Crippen molar-refractivity contribution in [3.8, 4) is 16.9 Å². The van der Waals surface area contributed by atoms with Crippen LogP contribution in [0.1, 0.15) is 64.9 Å². The molecule has 2 nitrogen and oxygen atoms in total. The Morgan fingerprint density at radius 2 is 1.37 bits per heavy atom. The first kappa shape index (κ1) is 21.5. The molecular weight excluding hydrogens is 332 g/mol. The summed E-state index contributed by atoms with van der Waals surface area (Å²) >= 11 is 0. The normalized spacial score (nSPS) is 12.1. The van der Waals surface area contributed by atoms with Gasteiger partial charge in [-0.15, -0.1) is 0 Å². The Morgan fingerprint density at radius 3 is 2.00 bits per heavy atom. The number of benzene rings is 2. The standard InChI is InChI=1S/C25H36O2/c1-4-6-8-9-10-22-11-13-23(14-12-22)24-15-17-25(18-16-24)27-20-21(3)26-19-7-5-2/h11-18,21H,4-10,19-20H2,1-3H3. The molecule has 2 aromatic carbocycles. The Hall–Kier alpha value is -1.80. The maximum atomic E-state index is 5.85. The van der Waals surface area contributed by atoms with Crippen molar-refractivity contribution in [1.82, 2.24) is 0 Å². The molecule has 0 heterocycles. The van der Waals surface area contributed by atoms with Gasteiger partial charge in [-0.1, -0.05) is 75.9 Å². The van der Waals surface area contributed by atoms with Gasteiger partial charge in [-0.05, 0) is 55.0 Å². The van der Waals surface area contributed by atoms with Crippen LogP contribution < -0.4 is 4.74 Å². The summed E-state index contributed by atoms with van der Waals surface area (Å²) in [5, 5.41) is 0. The summed E-state index contributed by atoms with van der Waals surface area (Å²) in [6.07, 6.45) is 8.85. The molecule has 148 valence electrons. The maximum Gasteiger partial charge on any atom is 0.119 e. The second-order valence-corrected chi connectivity index (χ2v) is 7.38. The van der Waals surface area contributed by atoms with Gasteiger partial charge in [-0.25, -0.2) is 0 Å². The van der Waals surface area contributed by atoms with Crippen LogP contribution in [0, 0.1) is 0 Å². The first-order chi connectivity index (χ1) is 13.2. The fourth-order valence-electron chi connectivity index (χ4n) is 3.05. The number of aryl methyl sites for hydroxylation is 1. The van der Waals surface area contributed by atoms with Gasteiger partial charge in [0.15, 0.2) is 0 Å². The van der Waals surface area contributed by atoms with Gasteiger partial charge in [0.25, 0.3) is 0 Å². The smallest absolute Gasteiger partial charge is 0.119 e. The minimum Gasteiger partial charge on any atom is -0.491 e. The zero-order valence-corrected chi connectivity index (χ0v) is 17.4. The van der Waals surface area contributed by atoms with Crippen molar-refractivity contribution >= 4 is 0 Å². The second-order valence-electron chi connectivity index (χ2n) is 7.38. The zero-order valence-electron chi connectivity index (χ0n) is 17.4. The highest BCUT2D eigenvalue weighted by atomic mass is 16.5. The molecule has 0 aliphatic rings. The topological polar surface area (TPSA) is 18.5 Å². The molecule has 2 heteroatoms. The molecule has 1 atom stereocenters. The van der Waals surface area contributed by atoms with Crippen LogP contribution in [0.5, 0.6) is 5.75 Å². The second kappa shape index (κ2) is 12.6. The van der Waals surface area contributed by atoms with E-state index in [1.54, 1.807) is 0 Å². The molecule has 0 aliphatic carbocycles. The van der Waals surface area contributed by atoms with E-state index in [2.05, 4.69) is 57.2 Å². The Bertz CT molecular complexity index is 616. The largest absolute Gasteiger partial charge is 0.491 e. The van der Waals surface area contributed by atoms with E-state index in [4.69, 9.17) is 9.47 Å². The Labute approximate surface area is 165 Å². The van der Waals surface area contributed by atoms with E-state index in [9.17, 15) is 0 Å². The lowest BCUT2D eigenvalue weighted by molar-refractivity contribution is 0.0309. The van der Waals surface area contributed by atoms with Gasteiger partial charge in [-0.3, -0.25) is 0 Å². The highest BCUT2D eigenvalue weighted by Gasteiger charge is 2.04. The first-order valence-corrected chi connectivity index (χ1v) is 10.7. The van der Waals surface area contributed by atoms with E-state index in [1.165, 1.54) is 48.8 Å². The number of hydrogen-bond donors (Lipinski definition) is 0. The molecule has 2 rings (SSSR count). The predicted octanol–water partition coefficient (Wildman–Crippen LogP) is 7.06. The highest BCUT2D eigenvalue weighted by molar-refractivity contribution is 5.64. The minimum absolute atomic E-state index is 0.126. The summed E-state index contributed by atoms with van der Waals surface area (Å²) in [6.45, 7) is 7.90. The maximum absolute atomic E-state index is 5.85. The zero-order chi connectivity index (χ0) is 19.3. The lowest BCUT2D eigenvalue weighted by atomic mass is 10.0. The molecule has 0 aromatic heterocycles. The van der Waals surface area contributed by atoms with Gasteiger partial charge in [0, 0.05) is 6.61 Å². The fourth-order valence-corrected chi connectivity index (χ4v) is 3.05. The number of hydrogen-bond acceptors (Lipinski definition) is 2. The summed E-state index contributed by atoms with van der Waals surface area (Å²) in [7, 11) is 0. The van der Waals surface area contributed by atoms with E-state index in [0.29, 0.717) is 6.61 Å². The quantitative estimate of drug-likeness (QED) is 0.352. The molecule has 2 aromatic rings. The van der Waals surface area contributed by atoms with Crippen molar-refractivity contribution in [2.45, 2.75) is 71.8 Å². The number of ether oxygens (including phenoxy) is 2. The van der Waals surface area contributed by atoms with Gasteiger partial charge < -0.3 is 9.47 Å². The van der Waals surface area contributed by atoms with E-state index < -0.39 is 0 Å². The van der Waals surface area contributed by atoms with E-state index in [0.717, 1.165) is 25.2 Å².